The van der Waals surface area contributed by atoms with Crippen molar-refractivity contribution >= 4 is 28.5 Å². The third-order valence-corrected chi connectivity index (χ3v) is 7.34. The second kappa shape index (κ2) is 11.5. The number of halogens is 2. The smallest absolute Gasteiger partial charge is 0.266 e. The summed E-state index contributed by atoms with van der Waals surface area (Å²) >= 11 is 0. The molecule has 0 bridgehead atoms. The molecule has 1 aliphatic rings. The Balaban J connectivity index is 1.51. The number of likely N-dealkylation sites (tertiary alicyclic amines) is 1. The van der Waals surface area contributed by atoms with Gasteiger partial charge >= 0.3 is 0 Å². The van der Waals surface area contributed by atoms with Gasteiger partial charge in [-0.15, -0.1) is 0 Å². The Kier molecular flexibility index (Phi) is 7.81. The third kappa shape index (κ3) is 5.95. The van der Waals surface area contributed by atoms with Crippen LogP contribution in [0.4, 0.5) is 26.4 Å². The lowest BCUT2D eigenvalue weighted by Gasteiger charge is -2.31. The fourth-order valence-corrected chi connectivity index (χ4v) is 5.22. The van der Waals surface area contributed by atoms with Crippen LogP contribution in [0.3, 0.4) is 0 Å². The second-order valence-electron chi connectivity index (χ2n) is 10.2. The number of fused-ring (bicyclic) bond motifs is 1. The number of aromatic nitrogens is 4. The first-order valence-corrected chi connectivity index (χ1v) is 13.5. The zero-order chi connectivity index (χ0) is 29.1. The molecule has 10 nitrogen and oxygen atoms in total. The molecule has 12 heteroatoms. The summed E-state index contributed by atoms with van der Waals surface area (Å²) in [6.07, 6.45) is 1.09. The molecule has 5 N–H and O–H groups in total. The lowest BCUT2D eigenvalue weighted by atomic mass is 10.0. The number of aryl methyl sites for hydroxylation is 1. The van der Waals surface area contributed by atoms with Crippen molar-refractivity contribution in [3.05, 3.63) is 75.8 Å². The average Bonchev–Trinajstić information content (AvgIpc) is 2.94. The summed E-state index contributed by atoms with van der Waals surface area (Å²) in [6.45, 7) is 3.22. The molecule has 0 aliphatic carbocycles. The Morgan fingerprint density at radius 3 is 2.51 bits per heavy atom. The largest absolute Gasteiger partial charge is 0.382 e. The number of benzene rings is 2. The van der Waals surface area contributed by atoms with Crippen LogP contribution in [0.25, 0.3) is 16.6 Å². The molecule has 1 atom stereocenters. The van der Waals surface area contributed by atoms with Crippen LogP contribution in [0.2, 0.25) is 0 Å². The predicted octanol–water partition coefficient (Wildman–Crippen LogP) is 4.05. The number of nitrogen functional groups attached to an aromatic ring is 2. The van der Waals surface area contributed by atoms with Crippen LogP contribution in [-0.2, 0) is 6.42 Å². The predicted molar refractivity (Wildman–Crippen MR) is 154 cm³/mol. The van der Waals surface area contributed by atoms with E-state index in [9.17, 15) is 18.8 Å². The number of anilines is 3. The number of nitrogens with two attached hydrogens (primary N) is 2. The highest BCUT2D eigenvalue weighted by Gasteiger charge is 2.33. The van der Waals surface area contributed by atoms with E-state index in [0.29, 0.717) is 48.5 Å². The molecule has 41 heavy (non-hydrogen) atoms. The van der Waals surface area contributed by atoms with Gasteiger partial charge in [0, 0.05) is 25.9 Å². The molecule has 1 fully saturated rings. The van der Waals surface area contributed by atoms with Crippen LogP contribution in [0.15, 0.2) is 53.3 Å². The SMILES string of the molecule is CC(Nc1nc(N)nc(N)c1C#N)c1nc2cccc(CCCN3CCC(F)(F)CC3)c2c(=O)n1-c1ccccc1. The van der Waals surface area contributed by atoms with Crippen LogP contribution in [0, 0.1) is 11.3 Å². The maximum Gasteiger partial charge on any atom is 0.266 e. The van der Waals surface area contributed by atoms with E-state index in [1.54, 1.807) is 17.6 Å². The van der Waals surface area contributed by atoms with Gasteiger partial charge < -0.3 is 21.7 Å². The van der Waals surface area contributed by atoms with E-state index in [-0.39, 0.29) is 41.5 Å². The summed E-state index contributed by atoms with van der Waals surface area (Å²) in [5, 5.41) is 13.2. The van der Waals surface area contributed by atoms with Crippen LogP contribution >= 0.6 is 0 Å². The molecule has 4 aromatic rings. The summed E-state index contributed by atoms with van der Waals surface area (Å²) in [6, 6.07) is 16.1. The van der Waals surface area contributed by atoms with Crippen LogP contribution in [-0.4, -0.2) is 50.0 Å². The number of nitriles is 1. The average molecular weight is 560 g/mol. The molecule has 0 amide bonds. The zero-order valence-electron chi connectivity index (χ0n) is 22.6. The van der Waals surface area contributed by atoms with Crippen molar-refractivity contribution in [3.8, 4) is 11.8 Å². The molecule has 1 unspecified atom stereocenters. The van der Waals surface area contributed by atoms with Gasteiger partial charge in [-0.05, 0) is 50.1 Å². The molecule has 1 saturated heterocycles. The number of piperidine rings is 1. The van der Waals surface area contributed by atoms with Gasteiger partial charge in [-0.25, -0.2) is 13.8 Å². The fraction of sp³-hybridized carbons (Fsp3) is 0.345. The van der Waals surface area contributed by atoms with Crippen LogP contribution < -0.4 is 22.3 Å². The number of hydrogen-bond donors (Lipinski definition) is 3. The van der Waals surface area contributed by atoms with Gasteiger partial charge in [0.2, 0.25) is 5.95 Å². The highest BCUT2D eigenvalue weighted by molar-refractivity contribution is 5.82. The van der Waals surface area contributed by atoms with Crippen molar-refractivity contribution in [1.82, 2.24) is 24.4 Å². The van der Waals surface area contributed by atoms with Gasteiger partial charge in [0.15, 0.2) is 5.82 Å². The van der Waals surface area contributed by atoms with Gasteiger partial charge in [0.25, 0.3) is 11.5 Å². The molecular weight excluding hydrogens is 528 g/mol. The van der Waals surface area contributed by atoms with Crippen molar-refractivity contribution in [2.24, 2.45) is 0 Å². The van der Waals surface area contributed by atoms with E-state index in [4.69, 9.17) is 16.5 Å². The first-order chi connectivity index (χ1) is 19.7. The van der Waals surface area contributed by atoms with Gasteiger partial charge in [-0.2, -0.15) is 15.2 Å². The molecule has 5 rings (SSSR count). The molecule has 2 aromatic heterocycles. The second-order valence-corrected chi connectivity index (χ2v) is 10.2. The van der Waals surface area contributed by atoms with Gasteiger partial charge in [-0.3, -0.25) is 9.36 Å². The molecule has 212 valence electrons. The molecule has 2 aromatic carbocycles. The van der Waals surface area contributed by atoms with Crippen molar-refractivity contribution in [2.75, 3.05) is 36.4 Å². The summed E-state index contributed by atoms with van der Waals surface area (Å²) in [5.74, 6) is -2.18. The quantitative estimate of drug-likeness (QED) is 0.290. The van der Waals surface area contributed by atoms with E-state index in [2.05, 4.69) is 20.2 Å². The number of nitrogens with zero attached hydrogens (tertiary/aromatic N) is 6. The summed E-state index contributed by atoms with van der Waals surface area (Å²) in [4.78, 5) is 29.1. The number of hydrogen-bond acceptors (Lipinski definition) is 9. The van der Waals surface area contributed by atoms with E-state index in [1.165, 1.54) is 0 Å². The first kappa shape index (κ1) is 27.9. The Labute approximate surface area is 235 Å². The minimum absolute atomic E-state index is 0.0418. The van der Waals surface area contributed by atoms with Gasteiger partial charge in [0.1, 0.15) is 23.3 Å². The van der Waals surface area contributed by atoms with Gasteiger partial charge in [-0.1, -0.05) is 30.3 Å². The van der Waals surface area contributed by atoms with E-state index in [0.717, 1.165) is 12.0 Å². The van der Waals surface area contributed by atoms with E-state index < -0.39 is 12.0 Å². The third-order valence-electron chi connectivity index (χ3n) is 7.34. The lowest BCUT2D eigenvalue weighted by molar-refractivity contribution is -0.0551. The molecule has 1 aliphatic heterocycles. The zero-order valence-corrected chi connectivity index (χ0v) is 22.6. The number of nitrogens with one attached hydrogen (secondary N) is 1. The minimum Gasteiger partial charge on any atom is -0.382 e. The topological polar surface area (TPSA) is 152 Å². The Morgan fingerprint density at radius 1 is 1.07 bits per heavy atom. The van der Waals surface area contributed by atoms with Crippen molar-refractivity contribution in [3.63, 3.8) is 0 Å². The maximum atomic E-state index is 14.2. The van der Waals surface area contributed by atoms with Crippen molar-refractivity contribution in [1.29, 1.82) is 5.26 Å². The molecule has 3 heterocycles. The molecular formula is C29H31F2N9O. The standard InChI is InChI=1S/C29H31F2N9O/c1-18(35-25-21(17-32)24(33)37-28(34)38-25)26-36-22-11-5-7-19(8-6-14-39-15-12-29(30,31)13-16-39)23(22)27(41)40(26)20-9-3-2-4-10-20/h2-5,7,9-11,18H,6,8,12-16H2,1H3,(H5,33,34,35,37,38). The van der Waals surface area contributed by atoms with Crippen molar-refractivity contribution < 1.29 is 8.78 Å². The Hall–Kier alpha value is -4.63. The molecule has 0 spiro atoms. The van der Waals surface area contributed by atoms with E-state index in [1.807, 2.05) is 48.5 Å². The number of alkyl halides is 2. The summed E-state index contributed by atoms with van der Waals surface area (Å²) in [7, 11) is 0. The van der Waals surface area contributed by atoms with Crippen LogP contribution in [0.5, 0.6) is 0 Å². The minimum atomic E-state index is -2.58. The number of para-hydroxylation sites is 1. The normalized spacial score (nSPS) is 15.9. The molecule has 0 radical (unpaired) electrons. The van der Waals surface area contributed by atoms with Crippen LogP contribution in [0.1, 0.15) is 49.2 Å². The number of rotatable bonds is 8. The van der Waals surface area contributed by atoms with Gasteiger partial charge in [0.05, 0.1) is 22.6 Å². The Morgan fingerprint density at radius 2 is 1.80 bits per heavy atom. The highest BCUT2D eigenvalue weighted by Crippen LogP contribution is 2.28. The Bertz CT molecular complexity index is 1660. The lowest BCUT2D eigenvalue weighted by Crippen LogP contribution is -2.39. The summed E-state index contributed by atoms with van der Waals surface area (Å²) in [5.41, 5.74) is 13.5. The molecule has 0 saturated carbocycles. The van der Waals surface area contributed by atoms with Crippen molar-refractivity contribution in [2.45, 2.75) is 44.6 Å². The summed E-state index contributed by atoms with van der Waals surface area (Å²) < 4.78 is 28.6. The monoisotopic (exact) mass is 559 g/mol. The maximum absolute atomic E-state index is 14.2. The highest BCUT2D eigenvalue weighted by atomic mass is 19.3. The van der Waals surface area contributed by atoms with E-state index >= 15 is 0 Å². The fourth-order valence-electron chi connectivity index (χ4n) is 5.22. The first-order valence-electron chi connectivity index (χ1n) is 13.5.